The molecule has 0 amide bonds. The van der Waals surface area contributed by atoms with Crippen molar-refractivity contribution < 1.29 is 0 Å². The minimum atomic E-state index is -0.906. The number of hydrogen-bond acceptors (Lipinski definition) is 0. The maximum atomic E-state index is 2.64. The van der Waals surface area contributed by atoms with Crippen LogP contribution >= 0.6 is 0 Å². The van der Waals surface area contributed by atoms with Crippen LogP contribution in [0.4, 0.5) is 0 Å². The third kappa shape index (κ3) is 2.30. The van der Waals surface area contributed by atoms with Crippen molar-refractivity contribution in [3.05, 3.63) is 10.9 Å². The van der Waals surface area contributed by atoms with Gasteiger partial charge in [0, 0.05) is 0 Å². The summed E-state index contributed by atoms with van der Waals surface area (Å²) in [5, 5.41) is 1.86. The van der Waals surface area contributed by atoms with E-state index in [1.165, 1.54) is 12.5 Å². The fourth-order valence-corrected chi connectivity index (χ4v) is 7.15. The third-order valence-corrected chi connectivity index (χ3v) is 7.63. The molecule has 0 spiro atoms. The van der Waals surface area contributed by atoms with Gasteiger partial charge >= 0.3 is 0 Å². The lowest BCUT2D eigenvalue weighted by atomic mass is 10.4. The number of hydrogen-bond donors (Lipinski definition) is 0. The summed E-state index contributed by atoms with van der Waals surface area (Å²) in [6.07, 6.45) is 1.42. The van der Waals surface area contributed by atoms with Gasteiger partial charge in [-0.15, -0.1) is 0 Å². The van der Waals surface area contributed by atoms with E-state index in [1.54, 1.807) is 0 Å². The average Bonchev–Trinajstić information content (AvgIpc) is 1.79. The van der Waals surface area contributed by atoms with Crippen molar-refractivity contribution >= 4 is 16.1 Å². The van der Waals surface area contributed by atoms with Crippen LogP contribution in [0, 0.1) is 0 Å². The molecule has 64 valence electrons. The van der Waals surface area contributed by atoms with E-state index in [1.807, 2.05) is 5.20 Å². The van der Waals surface area contributed by atoms with Crippen molar-refractivity contribution in [2.24, 2.45) is 0 Å². The van der Waals surface area contributed by atoms with Crippen molar-refractivity contribution in [1.82, 2.24) is 0 Å². The number of rotatable bonds is 1. The van der Waals surface area contributed by atoms with E-state index < -0.39 is 16.1 Å². The molecule has 0 N–H and O–H groups in total. The summed E-state index contributed by atoms with van der Waals surface area (Å²) in [5.74, 6) is 0. The highest BCUT2D eigenvalue weighted by atomic mass is 28.3. The van der Waals surface area contributed by atoms with E-state index in [0.29, 0.717) is 0 Å². The van der Waals surface area contributed by atoms with Crippen LogP contribution in [-0.2, 0) is 0 Å². The minimum Gasteiger partial charge on any atom is -0.0995 e. The molecule has 0 unspecified atom stereocenters. The van der Waals surface area contributed by atoms with Gasteiger partial charge in [-0.1, -0.05) is 49.7 Å². The highest BCUT2D eigenvalue weighted by molar-refractivity contribution is 6.90. The van der Waals surface area contributed by atoms with Gasteiger partial charge in [-0.25, -0.2) is 0 Å². The summed E-state index contributed by atoms with van der Waals surface area (Å²) in [6.45, 7) is 12.3. The Morgan fingerprint density at radius 2 is 1.82 bits per heavy atom. The van der Waals surface area contributed by atoms with Crippen LogP contribution in [0.15, 0.2) is 10.9 Å². The molecule has 0 saturated carbocycles. The van der Waals surface area contributed by atoms with Crippen LogP contribution in [0.2, 0.25) is 38.8 Å². The molecule has 1 rings (SSSR count). The Labute approximate surface area is 72.7 Å². The monoisotopic (exact) mass is 184 g/mol. The molecule has 1 aliphatic rings. The normalized spacial score (nSPS) is 26.8. The minimum absolute atomic E-state index is 0.794. The summed E-state index contributed by atoms with van der Waals surface area (Å²) in [4.78, 5) is 0. The Morgan fingerprint density at radius 3 is 1.91 bits per heavy atom. The zero-order valence-electron chi connectivity index (χ0n) is 8.49. The molecule has 0 aromatic heterocycles. The highest BCUT2D eigenvalue weighted by Crippen LogP contribution is 2.37. The smallest absolute Gasteiger partial charge is 0.0748 e. The molecule has 0 aromatic carbocycles. The third-order valence-electron chi connectivity index (χ3n) is 2.50. The van der Waals surface area contributed by atoms with E-state index in [9.17, 15) is 0 Å². The van der Waals surface area contributed by atoms with E-state index in [0.717, 1.165) is 0 Å². The first-order chi connectivity index (χ1) is 4.81. The van der Waals surface area contributed by atoms with Crippen LogP contribution in [0.3, 0.4) is 0 Å². The standard InChI is InChI=1S/C9H20Si2/c1-10(2,3)8-9-6-7-11(9,4)5/h8H,6-7H2,1-5H3/b9-8-. The molecule has 0 bridgehead atoms. The van der Waals surface area contributed by atoms with Gasteiger partial charge in [-0.3, -0.25) is 0 Å². The SMILES string of the molecule is C[Si](C)(C)/C=C1/CC[Si]1(C)C. The number of allylic oxidation sites excluding steroid dienone is 1. The predicted molar refractivity (Wildman–Crippen MR) is 58.3 cm³/mol. The molecule has 1 fully saturated rings. The van der Waals surface area contributed by atoms with Gasteiger partial charge in [0.1, 0.15) is 0 Å². The molecule has 1 aliphatic heterocycles. The van der Waals surface area contributed by atoms with Crippen LogP contribution in [0.25, 0.3) is 0 Å². The zero-order valence-corrected chi connectivity index (χ0v) is 10.5. The van der Waals surface area contributed by atoms with Gasteiger partial charge in [0.2, 0.25) is 0 Å². The summed E-state index contributed by atoms with van der Waals surface area (Å²) in [5.41, 5.74) is 2.64. The maximum absolute atomic E-state index is 2.64. The quantitative estimate of drug-likeness (QED) is 0.548. The molecule has 1 heterocycles. The highest BCUT2D eigenvalue weighted by Gasteiger charge is 2.35. The fourth-order valence-electron chi connectivity index (χ4n) is 1.56. The summed E-state index contributed by atoms with van der Waals surface area (Å²) in [6, 6.07) is 1.53. The van der Waals surface area contributed by atoms with Crippen LogP contribution in [0.5, 0.6) is 0 Å². The molecular weight excluding hydrogens is 164 g/mol. The first-order valence-electron chi connectivity index (χ1n) is 4.53. The van der Waals surface area contributed by atoms with E-state index in [-0.39, 0.29) is 0 Å². The Balaban J connectivity index is 2.70. The molecule has 0 nitrogen and oxygen atoms in total. The molecular formula is C9H20Si2. The van der Waals surface area contributed by atoms with Crippen molar-refractivity contribution in [1.29, 1.82) is 0 Å². The Bertz CT molecular complexity index is 184. The van der Waals surface area contributed by atoms with Crippen LogP contribution in [0.1, 0.15) is 6.42 Å². The first kappa shape index (κ1) is 9.26. The molecule has 0 aliphatic carbocycles. The second-order valence-corrected chi connectivity index (χ2v) is 15.4. The second-order valence-electron chi connectivity index (χ2n) is 5.42. The molecule has 11 heavy (non-hydrogen) atoms. The fraction of sp³-hybridized carbons (Fsp3) is 0.778. The summed E-state index contributed by atoms with van der Waals surface area (Å²) < 4.78 is 0. The Morgan fingerprint density at radius 1 is 1.27 bits per heavy atom. The molecule has 2 heteroatoms. The van der Waals surface area contributed by atoms with E-state index >= 15 is 0 Å². The maximum Gasteiger partial charge on any atom is 0.0748 e. The first-order valence-corrected chi connectivity index (χ1v) is 11.3. The van der Waals surface area contributed by atoms with Gasteiger partial charge in [-0.05, 0) is 6.42 Å². The molecule has 0 aromatic rings. The Hall–Kier alpha value is 0.174. The summed E-state index contributed by atoms with van der Waals surface area (Å²) in [7, 11) is -1.70. The van der Waals surface area contributed by atoms with Gasteiger partial charge in [0.05, 0.1) is 16.1 Å². The predicted octanol–water partition coefficient (Wildman–Crippen LogP) is 3.44. The van der Waals surface area contributed by atoms with Crippen molar-refractivity contribution in [3.8, 4) is 0 Å². The molecule has 0 radical (unpaired) electrons. The van der Waals surface area contributed by atoms with Gasteiger partial charge in [0.15, 0.2) is 0 Å². The lowest BCUT2D eigenvalue weighted by molar-refractivity contribution is 1.03. The van der Waals surface area contributed by atoms with E-state index in [4.69, 9.17) is 0 Å². The van der Waals surface area contributed by atoms with Crippen molar-refractivity contribution in [2.45, 2.75) is 45.2 Å². The van der Waals surface area contributed by atoms with Gasteiger partial charge in [0.25, 0.3) is 0 Å². The van der Waals surface area contributed by atoms with Crippen LogP contribution < -0.4 is 0 Å². The second kappa shape index (κ2) is 2.59. The van der Waals surface area contributed by atoms with E-state index in [2.05, 4.69) is 38.4 Å². The van der Waals surface area contributed by atoms with Crippen molar-refractivity contribution in [2.75, 3.05) is 0 Å². The molecule has 0 atom stereocenters. The van der Waals surface area contributed by atoms with Gasteiger partial charge in [-0.2, -0.15) is 0 Å². The summed E-state index contributed by atoms with van der Waals surface area (Å²) >= 11 is 0. The Kier molecular flexibility index (Phi) is 2.18. The zero-order chi connectivity index (χ0) is 8.70. The lowest BCUT2D eigenvalue weighted by Crippen LogP contribution is -2.40. The molecule has 1 saturated heterocycles. The van der Waals surface area contributed by atoms with Gasteiger partial charge < -0.3 is 0 Å². The average molecular weight is 184 g/mol. The van der Waals surface area contributed by atoms with Crippen molar-refractivity contribution in [3.63, 3.8) is 0 Å². The lowest BCUT2D eigenvalue weighted by Gasteiger charge is -2.38. The topological polar surface area (TPSA) is 0 Å². The largest absolute Gasteiger partial charge is 0.0995 e. The van der Waals surface area contributed by atoms with Crippen LogP contribution in [-0.4, -0.2) is 16.1 Å².